The van der Waals surface area contributed by atoms with E-state index in [1.807, 2.05) is 145 Å². The molecule has 13 rings (SSSR count). The summed E-state index contributed by atoms with van der Waals surface area (Å²) in [5.74, 6) is 4.31. The Morgan fingerprint density at radius 3 is 0.822 bits per heavy atom. The smallest absolute Gasteiger partial charge is 0.335 e. The molecule has 0 amide bonds. The minimum absolute atomic E-state index is 0.0959. The average molecular weight is 1640 g/mol. The Morgan fingerprint density at radius 1 is 0.271 bits per heavy atom. The van der Waals surface area contributed by atoms with Crippen LogP contribution in [-0.2, 0) is 43.9 Å². The second kappa shape index (κ2) is 42.6. The zero-order chi connectivity index (χ0) is 87.0. The number of carbonyl (C=O) groups is 1. The number of ether oxygens (including phenoxy) is 3. The zero-order valence-electron chi connectivity index (χ0n) is 72.1. The molecule has 616 valence electrons. The Bertz CT molecular complexity index is 5570. The number of hydrogen-bond donors (Lipinski definition) is 1. The highest BCUT2D eigenvalue weighted by Gasteiger charge is 2.27. The largest absolute Gasteiger partial charge is 0.478 e. The molecule has 0 atom stereocenters. The fourth-order valence-electron chi connectivity index (χ4n) is 12.0. The molecule has 13 aromatic rings. The van der Waals surface area contributed by atoms with Crippen molar-refractivity contribution < 1.29 is 57.7 Å². The van der Waals surface area contributed by atoms with Gasteiger partial charge in [0, 0.05) is 16.5 Å². The van der Waals surface area contributed by atoms with Crippen molar-refractivity contribution in [2.24, 2.45) is 0 Å². The Morgan fingerprint density at radius 2 is 0.534 bits per heavy atom. The van der Waals surface area contributed by atoms with Crippen LogP contribution >= 0.6 is 0 Å². The van der Waals surface area contributed by atoms with Gasteiger partial charge in [-0.3, -0.25) is 8.37 Å². The van der Waals surface area contributed by atoms with Gasteiger partial charge in [-0.1, -0.05) is 210 Å². The third-order valence-corrected chi connectivity index (χ3v) is 24.2. The Kier molecular flexibility index (Phi) is 33.8. The van der Waals surface area contributed by atoms with Gasteiger partial charge in [0.1, 0.15) is 44.3 Å². The molecule has 0 aromatic heterocycles. The fraction of sp³-hybridized carbons (Fsp3) is 0.225. The highest BCUT2D eigenvalue weighted by atomic mass is 32.2. The van der Waals surface area contributed by atoms with Gasteiger partial charge in [-0.25, -0.2) is 13.2 Å². The highest BCUT2D eigenvalue weighted by molar-refractivity contribution is 7.91. The molecule has 0 radical (unpaired) electrons. The molecule has 13 nitrogen and oxygen atoms in total. The highest BCUT2D eigenvalue weighted by Crippen LogP contribution is 2.38. The first-order valence-corrected chi connectivity index (χ1v) is 43.0. The molecule has 0 unspecified atom stereocenters. The molecule has 0 aliphatic rings. The molecule has 0 saturated heterocycles. The molecule has 16 heteroatoms. The van der Waals surface area contributed by atoms with Crippen molar-refractivity contribution in [2.45, 2.75) is 163 Å². The number of carboxylic acid groups (broad SMARTS) is 1. The van der Waals surface area contributed by atoms with Crippen molar-refractivity contribution >= 4 is 36.0 Å². The third-order valence-electron chi connectivity index (χ3n) is 19.8. The summed E-state index contributed by atoms with van der Waals surface area (Å²) in [6.45, 7) is 40.5. The standard InChI is InChI=1S/C31H32O2.C16H18O6S2.C16H18O2S.C14H14O.C9H10O2.2C8H10/c1-21-7-13-29(19-23(21)3)32-27-15-9-25(10-16-27)31(5,6)26-11-17-28(18-12-26)33-30-14-8-22(2)24(4)20-30;1-11-5-7-13(15(9-11)23(17,18)21-3)14-8-6-12(2)10-16(14)24(19,20)22-4;1-11-5-7-15(9-13(11)3)19(17,18)16-8-6-12(2)14(4)10-16;1-11-3-7-13(8-4-11)15-14-9-5-12(2)6-10-14;1-6-3-7(2)5-8(4-6)9(10)11;1-7-3-5-8(2)6-4-7;1-7-4-3-5-8(2)6-7/h7-20H,1-6H3;5-10H,1-4H3;5-10H,1-4H3;3-10H,1-2H3;3-5H,1-2H3,(H,10,11);2*3-6H,1-2H3. The van der Waals surface area contributed by atoms with E-state index < -0.39 is 36.0 Å². The van der Waals surface area contributed by atoms with Crippen LogP contribution in [0.25, 0.3) is 11.1 Å². The average Bonchev–Trinajstić information content (AvgIpc) is 0.773. The number of aromatic carboxylic acids is 1. The SMILES string of the molecule is COS(=O)(=O)c1cc(C)ccc1-c1ccc(C)cc1S(=O)(=O)OC.Cc1cc(C)cc(C(=O)O)c1.Cc1ccc(C)cc1.Cc1ccc(Oc2ccc(C(C)(C)c3ccc(Oc4ccc(C)c(C)c4)cc3)cc2)cc1C.Cc1ccc(Oc2ccc(C)cc2)cc1.Cc1ccc(S(=O)(=O)c2ccc(C)c(C)c2)cc1C.Cc1cccc(C)c1. The van der Waals surface area contributed by atoms with Gasteiger partial charge in [-0.05, 0) is 313 Å². The first kappa shape index (κ1) is 93.7. The first-order valence-electron chi connectivity index (χ1n) is 38.7. The van der Waals surface area contributed by atoms with Gasteiger partial charge in [0.2, 0.25) is 9.84 Å². The summed E-state index contributed by atoms with van der Waals surface area (Å²) in [5.41, 5.74) is 23.5. The molecule has 0 bridgehead atoms. The van der Waals surface area contributed by atoms with Crippen LogP contribution in [0.15, 0.2) is 293 Å². The van der Waals surface area contributed by atoms with Crippen molar-refractivity contribution in [2.75, 3.05) is 14.2 Å². The normalized spacial score (nSPS) is 11.0. The van der Waals surface area contributed by atoms with Crippen LogP contribution < -0.4 is 14.2 Å². The van der Waals surface area contributed by atoms with Crippen molar-refractivity contribution in [1.29, 1.82) is 0 Å². The number of aryl methyl sites for hydroxylation is 18. The summed E-state index contributed by atoms with van der Waals surface area (Å²) in [7, 11) is -9.33. The van der Waals surface area contributed by atoms with Gasteiger partial charge in [-0.15, -0.1) is 0 Å². The van der Waals surface area contributed by atoms with E-state index in [-0.39, 0.29) is 26.3 Å². The molecular weight excluding hydrogens is 1530 g/mol. The first-order chi connectivity index (χ1) is 55.6. The summed E-state index contributed by atoms with van der Waals surface area (Å²) >= 11 is 0. The van der Waals surface area contributed by atoms with E-state index in [4.69, 9.17) is 19.3 Å². The zero-order valence-corrected chi connectivity index (χ0v) is 74.5. The Hall–Kier alpha value is -11.5. The topological polar surface area (TPSA) is 186 Å². The lowest BCUT2D eigenvalue weighted by Gasteiger charge is -2.26. The molecule has 118 heavy (non-hydrogen) atoms. The van der Waals surface area contributed by atoms with Crippen LogP contribution in [0.1, 0.15) is 135 Å². The van der Waals surface area contributed by atoms with Gasteiger partial charge in [0.25, 0.3) is 20.2 Å². The number of benzene rings is 13. The molecule has 0 aliphatic carbocycles. The predicted octanol–water partition coefficient (Wildman–Crippen LogP) is 25.9. The fourth-order valence-corrected chi connectivity index (χ4v) is 15.3. The molecule has 0 aliphatic heterocycles. The van der Waals surface area contributed by atoms with E-state index in [2.05, 4.69) is 189 Å². The van der Waals surface area contributed by atoms with Gasteiger partial charge in [0.15, 0.2) is 0 Å². The van der Waals surface area contributed by atoms with Crippen molar-refractivity contribution in [3.8, 4) is 45.6 Å². The minimum Gasteiger partial charge on any atom is -0.478 e. The summed E-state index contributed by atoms with van der Waals surface area (Å²) in [6.07, 6.45) is 0. The summed E-state index contributed by atoms with van der Waals surface area (Å²) in [5, 5.41) is 8.63. The van der Waals surface area contributed by atoms with Gasteiger partial charge in [-0.2, -0.15) is 16.8 Å². The van der Waals surface area contributed by atoms with Crippen LogP contribution in [0, 0.1) is 125 Å². The van der Waals surface area contributed by atoms with Crippen LogP contribution in [0.5, 0.6) is 34.5 Å². The maximum absolute atomic E-state index is 12.6. The van der Waals surface area contributed by atoms with E-state index in [1.165, 1.54) is 78.9 Å². The lowest BCUT2D eigenvalue weighted by molar-refractivity contribution is 0.0696. The molecule has 0 fully saturated rings. The summed E-state index contributed by atoms with van der Waals surface area (Å²) < 4.78 is 101. The van der Waals surface area contributed by atoms with Crippen LogP contribution in [0.2, 0.25) is 0 Å². The lowest BCUT2D eigenvalue weighted by Crippen LogP contribution is -2.18. The van der Waals surface area contributed by atoms with Crippen LogP contribution in [-0.4, -0.2) is 50.5 Å². The maximum atomic E-state index is 12.6. The Balaban J connectivity index is 0.000000201. The van der Waals surface area contributed by atoms with Crippen molar-refractivity contribution in [3.05, 3.63) is 390 Å². The molecule has 0 spiro atoms. The van der Waals surface area contributed by atoms with Gasteiger partial charge >= 0.3 is 5.97 Å². The molecule has 13 aromatic carbocycles. The second-order valence-corrected chi connectivity index (χ2v) is 35.6. The van der Waals surface area contributed by atoms with Crippen LogP contribution in [0.3, 0.4) is 0 Å². The third kappa shape index (κ3) is 27.8. The monoisotopic (exact) mass is 1640 g/mol. The second-order valence-electron chi connectivity index (χ2n) is 30.3. The quantitative estimate of drug-likeness (QED) is 0.0902. The van der Waals surface area contributed by atoms with Crippen LogP contribution in [0.4, 0.5) is 0 Å². The van der Waals surface area contributed by atoms with Gasteiger partial charge < -0.3 is 19.3 Å². The maximum Gasteiger partial charge on any atom is 0.335 e. The number of sulfone groups is 1. The van der Waals surface area contributed by atoms with Crippen molar-refractivity contribution in [3.63, 3.8) is 0 Å². The number of carboxylic acids is 1. The molecule has 0 saturated carbocycles. The van der Waals surface area contributed by atoms with Crippen molar-refractivity contribution in [1.82, 2.24) is 0 Å². The number of rotatable bonds is 16. The summed E-state index contributed by atoms with van der Waals surface area (Å²) in [4.78, 5) is 11.0. The van der Waals surface area contributed by atoms with E-state index in [1.54, 1.807) is 74.5 Å². The molecule has 1 N–H and O–H groups in total. The van der Waals surface area contributed by atoms with E-state index in [9.17, 15) is 30.0 Å². The van der Waals surface area contributed by atoms with E-state index >= 15 is 0 Å². The molecule has 0 heterocycles. The Labute approximate surface area is 702 Å². The predicted molar refractivity (Wildman–Crippen MR) is 481 cm³/mol. The minimum atomic E-state index is -4.01. The summed E-state index contributed by atoms with van der Waals surface area (Å²) in [6, 6.07) is 87.4. The van der Waals surface area contributed by atoms with E-state index in [0.29, 0.717) is 26.5 Å². The van der Waals surface area contributed by atoms with Gasteiger partial charge in [0.05, 0.1) is 29.6 Å². The van der Waals surface area contributed by atoms with E-state index in [0.717, 1.165) is 82.1 Å². The lowest BCUT2D eigenvalue weighted by atomic mass is 9.78. The molecular formula is C102H112O13S3. The number of hydrogen-bond acceptors (Lipinski definition) is 12.